The lowest BCUT2D eigenvalue weighted by Crippen LogP contribution is -2.82. The molecule has 3 aromatic carbocycles. The molecule has 80 heavy (non-hydrogen) atoms. The molecule has 0 spiro atoms. The number of fused-ring (bicyclic) bond motifs is 5. The summed E-state index contributed by atoms with van der Waals surface area (Å²) in [6, 6.07) is 21.9. The van der Waals surface area contributed by atoms with E-state index in [0.29, 0.717) is 29.4 Å². The van der Waals surface area contributed by atoms with Crippen LogP contribution in [0.2, 0.25) is 18.1 Å². The first-order valence-corrected chi connectivity index (χ1v) is 30.4. The lowest BCUT2D eigenvalue weighted by atomic mass is 9.44. The summed E-state index contributed by atoms with van der Waals surface area (Å²) < 4.78 is 61.2. The highest BCUT2D eigenvalue weighted by atomic mass is 35.6. The molecule has 18 nitrogen and oxygen atoms in total. The van der Waals surface area contributed by atoms with Gasteiger partial charge in [-0.1, -0.05) is 118 Å². The van der Waals surface area contributed by atoms with Gasteiger partial charge in [0.1, 0.15) is 48.1 Å². The maximum absolute atomic E-state index is 16.6. The van der Waals surface area contributed by atoms with E-state index in [4.69, 9.17) is 81.9 Å². The lowest BCUT2D eigenvalue weighted by molar-refractivity contribution is -0.344. The van der Waals surface area contributed by atoms with Crippen molar-refractivity contribution in [1.82, 2.24) is 4.90 Å². The Bertz CT molecular complexity index is 2870. The van der Waals surface area contributed by atoms with E-state index in [1.807, 2.05) is 20.8 Å². The molecular formula is C58H70Cl3NO17Si. The van der Waals surface area contributed by atoms with Gasteiger partial charge in [-0.05, 0) is 73.0 Å². The molecule has 434 valence electrons. The predicted octanol–water partition coefficient (Wildman–Crippen LogP) is 9.90. The van der Waals surface area contributed by atoms with E-state index in [9.17, 15) is 24.3 Å². The summed E-state index contributed by atoms with van der Waals surface area (Å²) in [4.78, 5) is 90.1. The Kier molecular flexibility index (Phi) is 17.6. The molecule has 4 fully saturated rings. The van der Waals surface area contributed by atoms with Crippen LogP contribution >= 0.6 is 34.8 Å². The summed E-state index contributed by atoms with van der Waals surface area (Å²) in [5, 5.41) is 14.4. The van der Waals surface area contributed by atoms with Crippen LogP contribution in [-0.2, 0) is 56.8 Å². The molecule has 3 aromatic rings. The van der Waals surface area contributed by atoms with Gasteiger partial charge in [0.15, 0.2) is 38.1 Å². The second kappa shape index (κ2) is 23.2. The van der Waals surface area contributed by atoms with Gasteiger partial charge in [0.05, 0.1) is 43.8 Å². The Morgan fingerprint density at radius 2 is 1.49 bits per heavy atom. The molecule has 2 saturated heterocycles. The van der Waals surface area contributed by atoms with Crippen molar-refractivity contribution in [2.75, 3.05) is 27.4 Å². The number of carbonyl (C=O) groups excluding carboxylic acids is 6. The van der Waals surface area contributed by atoms with Crippen LogP contribution in [0.15, 0.2) is 90.0 Å². The number of amides is 1. The van der Waals surface area contributed by atoms with Crippen molar-refractivity contribution in [3.05, 3.63) is 107 Å². The number of hydrogen-bond acceptors (Lipinski definition) is 17. The first kappa shape index (κ1) is 60.8. The minimum atomic E-state index is -2.69. The van der Waals surface area contributed by atoms with Crippen molar-refractivity contribution >= 4 is 78.9 Å². The van der Waals surface area contributed by atoms with Crippen molar-refractivity contribution < 1.29 is 80.9 Å². The first-order chi connectivity index (χ1) is 37.7. The van der Waals surface area contributed by atoms with E-state index >= 15 is 9.59 Å². The Morgan fingerprint density at radius 3 is 2.04 bits per heavy atom. The number of rotatable bonds is 16. The average molecular weight is 1190 g/mol. The maximum atomic E-state index is 16.6. The first-order valence-electron chi connectivity index (χ1n) is 26.8. The molecule has 1 N–H and O–H groups in total. The molecule has 5 unspecified atom stereocenters. The number of nitrogens with zero attached hydrogens (tertiary/aromatic N) is 1. The topological polar surface area (TPSA) is 218 Å². The van der Waals surface area contributed by atoms with E-state index in [0.717, 1.165) is 11.8 Å². The quantitative estimate of drug-likeness (QED) is 0.0464. The van der Waals surface area contributed by atoms with Crippen LogP contribution < -0.4 is 9.47 Å². The fourth-order valence-electron chi connectivity index (χ4n) is 13.1. The van der Waals surface area contributed by atoms with Gasteiger partial charge in [-0.25, -0.2) is 14.4 Å². The minimum Gasteiger partial charge on any atom is -0.497 e. The van der Waals surface area contributed by atoms with Crippen molar-refractivity contribution in [3.8, 4) is 11.5 Å². The minimum absolute atomic E-state index is 0.0510. The number of ketones is 1. The summed E-state index contributed by atoms with van der Waals surface area (Å²) in [5.74, 6) is -5.11. The third-order valence-electron chi connectivity index (χ3n) is 17.5. The second-order valence-electron chi connectivity index (χ2n) is 22.0. The van der Waals surface area contributed by atoms with Crippen molar-refractivity contribution in [3.63, 3.8) is 0 Å². The van der Waals surface area contributed by atoms with Gasteiger partial charge in [-0.15, -0.1) is 0 Å². The molecule has 2 aliphatic heterocycles. The third-order valence-corrected chi connectivity index (χ3v) is 22.5. The van der Waals surface area contributed by atoms with Crippen LogP contribution in [0.3, 0.4) is 0 Å². The molecule has 0 radical (unpaired) electrons. The van der Waals surface area contributed by atoms with Crippen molar-refractivity contribution in [1.29, 1.82) is 0 Å². The van der Waals surface area contributed by atoms with E-state index < -0.39 is 138 Å². The normalized spacial score (nSPS) is 30.8. The molecule has 22 heteroatoms. The number of hydrogen-bond donors (Lipinski definition) is 1. The number of halogens is 3. The molecule has 0 aromatic heterocycles. The highest BCUT2D eigenvalue weighted by molar-refractivity contribution is 6.73. The summed E-state index contributed by atoms with van der Waals surface area (Å²) in [5.41, 5.74) is -6.71. The van der Waals surface area contributed by atoms with E-state index in [2.05, 4.69) is 0 Å². The summed E-state index contributed by atoms with van der Waals surface area (Å²) >= 11 is 18.3. The Labute approximate surface area is 481 Å². The van der Waals surface area contributed by atoms with Gasteiger partial charge in [-0.2, -0.15) is 0 Å². The van der Waals surface area contributed by atoms with Gasteiger partial charge in [-0.3, -0.25) is 19.3 Å². The fourth-order valence-corrected chi connectivity index (χ4v) is 16.2. The maximum Gasteiger partial charge on any atom is 0.412 e. The van der Waals surface area contributed by atoms with Crippen LogP contribution in [0, 0.1) is 16.7 Å². The molecule has 8 rings (SSSR count). The van der Waals surface area contributed by atoms with Crippen LogP contribution in [0.5, 0.6) is 11.5 Å². The average Bonchev–Trinajstić information content (AvgIpc) is 2.60. The zero-order valence-electron chi connectivity index (χ0n) is 46.7. The fraction of sp³-hybridized carbons (Fsp3) is 0.552. The van der Waals surface area contributed by atoms with E-state index in [1.54, 1.807) is 94.4 Å². The van der Waals surface area contributed by atoms with Gasteiger partial charge >= 0.3 is 30.0 Å². The third kappa shape index (κ3) is 10.7. The SMILES string of the molecule is CC[Si](CC)(CC)O[C@H]1CC2OC[C@@]2(OC(C)=O)C2[C@H](OC(=O)c3ccccc3)[C@]3(O)CC(OC(=O)C4OC(c5ccc(OC)cc5OC)N(C(=O)OCC(Cl)(Cl)Cl)[C@H]4c4ccccc4)C(C)=C([C@@H](OC(C)=O)C(=O)[C@@]21C)C3(C)C. The van der Waals surface area contributed by atoms with Gasteiger partial charge in [0, 0.05) is 43.7 Å². The zero-order valence-corrected chi connectivity index (χ0v) is 50.0. The van der Waals surface area contributed by atoms with Crippen LogP contribution in [0.4, 0.5) is 4.79 Å². The molecule has 2 saturated carbocycles. The van der Waals surface area contributed by atoms with Crippen molar-refractivity contribution in [2.24, 2.45) is 16.7 Å². The summed E-state index contributed by atoms with van der Waals surface area (Å²) in [6.07, 6.45) is -11.7. The monoisotopic (exact) mass is 1190 g/mol. The molecule has 5 aliphatic rings. The predicted molar refractivity (Wildman–Crippen MR) is 294 cm³/mol. The number of esters is 4. The number of aliphatic hydroxyl groups is 1. The number of methoxy groups -OCH3 is 2. The number of benzene rings is 3. The van der Waals surface area contributed by atoms with Crippen molar-refractivity contribution in [2.45, 2.75) is 157 Å². The van der Waals surface area contributed by atoms with E-state index in [-0.39, 0.29) is 41.1 Å². The van der Waals surface area contributed by atoms with E-state index in [1.165, 1.54) is 33.3 Å². The number of carbonyl (C=O) groups is 6. The summed E-state index contributed by atoms with van der Waals surface area (Å²) in [7, 11) is 0.169. The second-order valence-corrected chi connectivity index (χ2v) is 29.2. The van der Waals surface area contributed by atoms with Gasteiger partial charge < -0.3 is 52.2 Å². The van der Waals surface area contributed by atoms with Gasteiger partial charge in [0.2, 0.25) is 3.79 Å². The molecule has 2 heterocycles. The van der Waals surface area contributed by atoms with Gasteiger partial charge in [0.25, 0.3) is 0 Å². The molecule has 1 amide bonds. The van der Waals surface area contributed by atoms with Crippen LogP contribution in [0.25, 0.3) is 0 Å². The molecular weight excluding hydrogens is 1120 g/mol. The molecule has 3 aliphatic carbocycles. The lowest BCUT2D eigenvalue weighted by Gasteiger charge is -2.68. The highest BCUT2D eigenvalue weighted by Gasteiger charge is 2.79. The smallest absolute Gasteiger partial charge is 0.412 e. The Balaban J connectivity index is 1.35. The largest absolute Gasteiger partial charge is 0.497 e. The summed E-state index contributed by atoms with van der Waals surface area (Å²) in [6.45, 7) is 14.0. The number of Topliss-reactive ketones (excluding diaryl/α,β-unsaturated/α-hetero) is 1. The Hall–Kier alpha value is -5.25. The highest BCUT2D eigenvalue weighted by Crippen LogP contribution is 2.65. The standard InChI is InChI=1S/C58H70Cl3NO17Si/c1-12-80(13-2,14-3)79-41-28-42-56(30-72-42,78-34(6)64)47-49(77-51(66)36-23-19-16-20-24-36)57(69)29-40(32(4)43(54(57,7)8)45(74-33(5)63)48(65)55(41,47)9)75-52(67)46-44(35-21-17-15-18-22-35)62(53(68)73-31-58(59,60)61)50(76-46)38-26-25-37(70-10)27-39(38)71-11/h15-27,40-42,44-47,49-50,69H,12-14,28-31H2,1-11H3/t40?,41-,42?,44-,45+,46?,47?,49-,50?,55+,56-,57+/m0/s1. The zero-order chi connectivity index (χ0) is 58.5. The molecule has 12 atom stereocenters. The number of alkyl halides is 3. The van der Waals surface area contributed by atoms with Crippen LogP contribution in [-0.4, -0.2) is 133 Å². The molecule has 2 bridgehead atoms. The number of ether oxygens (including phenoxy) is 9. The Morgan fingerprint density at radius 1 is 0.850 bits per heavy atom. The van der Waals surface area contributed by atoms with Crippen LogP contribution in [0.1, 0.15) is 109 Å².